The first-order chi connectivity index (χ1) is 13.1. The fourth-order valence-electron chi connectivity index (χ4n) is 2.62. The zero-order chi connectivity index (χ0) is 20.9. The number of halogens is 4. The van der Waals surface area contributed by atoms with E-state index in [0.717, 1.165) is 12.1 Å². The Morgan fingerprint density at radius 3 is 2.39 bits per heavy atom. The molecule has 0 saturated carbocycles. The molecule has 0 fully saturated rings. The molecule has 2 aromatic rings. The van der Waals surface area contributed by atoms with Gasteiger partial charge in [0.15, 0.2) is 0 Å². The number of nitrogens with zero attached hydrogens (tertiary/aromatic N) is 2. The zero-order valence-corrected chi connectivity index (χ0v) is 16.6. The summed E-state index contributed by atoms with van der Waals surface area (Å²) < 4.78 is 45.3. The standard InChI is InChI=1S/C20H22ClF3N2O2/c1-4-28-18-8-6-5-7-15(18)19(27)26(12-11-25(2)3)14-9-10-17(21)16(13-14)20(22,23)24/h5-10,13H,4,11-12H2,1-3H3. The van der Waals surface area contributed by atoms with Gasteiger partial charge in [0.05, 0.1) is 22.8 Å². The van der Waals surface area contributed by atoms with Gasteiger partial charge in [0.25, 0.3) is 5.91 Å². The van der Waals surface area contributed by atoms with Crippen molar-refractivity contribution >= 4 is 23.2 Å². The molecule has 0 aromatic heterocycles. The molecule has 0 spiro atoms. The van der Waals surface area contributed by atoms with E-state index < -0.39 is 22.7 Å². The fraction of sp³-hybridized carbons (Fsp3) is 0.350. The van der Waals surface area contributed by atoms with E-state index in [1.807, 2.05) is 19.0 Å². The topological polar surface area (TPSA) is 32.8 Å². The van der Waals surface area contributed by atoms with Gasteiger partial charge in [-0.15, -0.1) is 0 Å². The average Bonchev–Trinajstić information content (AvgIpc) is 2.62. The SMILES string of the molecule is CCOc1ccccc1C(=O)N(CCN(C)C)c1ccc(Cl)c(C(F)(F)F)c1. The van der Waals surface area contributed by atoms with Crippen LogP contribution < -0.4 is 9.64 Å². The number of carbonyl (C=O) groups is 1. The number of alkyl halides is 3. The summed E-state index contributed by atoms with van der Waals surface area (Å²) in [6, 6.07) is 10.1. The zero-order valence-electron chi connectivity index (χ0n) is 15.9. The molecule has 0 N–H and O–H groups in total. The first-order valence-corrected chi connectivity index (χ1v) is 9.08. The molecule has 0 aliphatic rings. The predicted octanol–water partition coefficient (Wildman–Crippen LogP) is 4.97. The second kappa shape index (κ2) is 9.30. The first-order valence-electron chi connectivity index (χ1n) is 8.70. The van der Waals surface area contributed by atoms with Crippen LogP contribution in [0.2, 0.25) is 5.02 Å². The second-order valence-corrected chi connectivity index (χ2v) is 6.76. The molecule has 0 radical (unpaired) electrons. The number of anilines is 1. The van der Waals surface area contributed by atoms with Gasteiger partial charge in [0, 0.05) is 18.8 Å². The lowest BCUT2D eigenvalue weighted by Gasteiger charge is -2.26. The number of hydrogen-bond donors (Lipinski definition) is 0. The van der Waals surface area contributed by atoms with Gasteiger partial charge < -0.3 is 14.5 Å². The molecule has 1 amide bonds. The summed E-state index contributed by atoms with van der Waals surface area (Å²) in [6.07, 6.45) is -4.62. The molecule has 28 heavy (non-hydrogen) atoms. The summed E-state index contributed by atoms with van der Waals surface area (Å²) in [5, 5.41) is -0.411. The van der Waals surface area contributed by atoms with Crippen molar-refractivity contribution in [3.05, 3.63) is 58.6 Å². The van der Waals surface area contributed by atoms with Crippen molar-refractivity contribution in [1.82, 2.24) is 4.90 Å². The molecule has 0 unspecified atom stereocenters. The lowest BCUT2D eigenvalue weighted by molar-refractivity contribution is -0.137. The number of para-hydroxylation sites is 1. The molecule has 2 aromatic carbocycles. The van der Waals surface area contributed by atoms with Gasteiger partial charge in [-0.05, 0) is 51.4 Å². The quantitative estimate of drug-likeness (QED) is 0.641. The Labute approximate surface area is 167 Å². The van der Waals surface area contributed by atoms with Gasteiger partial charge in [-0.1, -0.05) is 23.7 Å². The highest BCUT2D eigenvalue weighted by atomic mass is 35.5. The number of benzene rings is 2. The van der Waals surface area contributed by atoms with E-state index in [0.29, 0.717) is 18.9 Å². The van der Waals surface area contributed by atoms with Crippen LogP contribution in [0.25, 0.3) is 0 Å². The van der Waals surface area contributed by atoms with Gasteiger partial charge in [-0.2, -0.15) is 13.2 Å². The van der Waals surface area contributed by atoms with Gasteiger partial charge in [0.1, 0.15) is 5.75 Å². The van der Waals surface area contributed by atoms with Crippen molar-refractivity contribution in [1.29, 1.82) is 0 Å². The third-order valence-electron chi connectivity index (χ3n) is 4.00. The van der Waals surface area contributed by atoms with Crippen molar-refractivity contribution < 1.29 is 22.7 Å². The predicted molar refractivity (Wildman–Crippen MR) is 104 cm³/mol. The van der Waals surface area contributed by atoms with Crippen LogP contribution in [0, 0.1) is 0 Å². The summed E-state index contributed by atoms with van der Waals surface area (Å²) in [5.74, 6) is -0.0591. The van der Waals surface area contributed by atoms with Crippen LogP contribution in [-0.4, -0.2) is 44.6 Å². The summed E-state index contributed by atoms with van der Waals surface area (Å²) in [6.45, 7) is 2.82. The average molecular weight is 415 g/mol. The Kier molecular flexibility index (Phi) is 7.32. The van der Waals surface area contributed by atoms with E-state index in [1.165, 1.54) is 11.0 Å². The van der Waals surface area contributed by atoms with Crippen LogP contribution in [0.15, 0.2) is 42.5 Å². The van der Waals surface area contributed by atoms with Crippen molar-refractivity contribution in [2.45, 2.75) is 13.1 Å². The molecule has 8 heteroatoms. The molecule has 0 saturated heterocycles. The van der Waals surface area contributed by atoms with Crippen molar-refractivity contribution in [3.8, 4) is 5.75 Å². The minimum Gasteiger partial charge on any atom is -0.493 e. The Morgan fingerprint density at radius 2 is 1.79 bits per heavy atom. The molecule has 0 bridgehead atoms. The van der Waals surface area contributed by atoms with Gasteiger partial charge >= 0.3 is 6.18 Å². The van der Waals surface area contributed by atoms with E-state index in [-0.39, 0.29) is 17.8 Å². The van der Waals surface area contributed by atoms with E-state index >= 15 is 0 Å². The van der Waals surface area contributed by atoms with Gasteiger partial charge in [0.2, 0.25) is 0 Å². The third kappa shape index (κ3) is 5.39. The van der Waals surface area contributed by atoms with E-state index in [9.17, 15) is 18.0 Å². The van der Waals surface area contributed by atoms with Gasteiger partial charge in [-0.25, -0.2) is 0 Å². The maximum Gasteiger partial charge on any atom is 0.417 e. The molecule has 0 atom stereocenters. The van der Waals surface area contributed by atoms with E-state index in [4.69, 9.17) is 16.3 Å². The lowest BCUT2D eigenvalue weighted by Crippen LogP contribution is -2.37. The van der Waals surface area contributed by atoms with Crippen LogP contribution in [0.1, 0.15) is 22.8 Å². The monoisotopic (exact) mass is 414 g/mol. The normalized spacial score (nSPS) is 11.6. The minimum atomic E-state index is -4.62. The third-order valence-corrected chi connectivity index (χ3v) is 4.33. The van der Waals surface area contributed by atoms with Crippen LogP contribution >= 0.6 is 11.6 Å². The number of ether oxygens (including phenoxy) is 1. The number of rotatable bonds is 7. The summed E-state index contributed by atoms with van der Waals surface area (Å²) in [4.78, 5) is 16.4. The molecular formula is C20H22ClF3N2O2. The van der Waals surface area contributed by atoms with Crippen LogP contribution in [-0.2, 0) is 6.18 Å². The number of carbonyl (C=O) groups excluding carboxylic acids is 1. The molecule has 4 nitrogen and oxygen atoms in total. The maximum absolute atomic E-state index is 13.3. The minimum absolute atomic E-state index is 0.120. The highest BCUT2D eigenvalue weighted by Gasteiger charge is 2.34. The van der Waals surface area contributed by atoms with Crippen LogP contribution in [0.5, 0.6) is 5.75 Å². The Hall–Kier alpha value is -2.25. The Morgan fingerprint density at radius 1 is 1.11 bits per heavy atom. The summed E-state index contributed by atoms with van der Waals surface area (Å²) in [7, 11) is 3.64. The fourth-order valence-corrected chi connectivity index (χ4v) is 2.84. The molecule has 0 aliphatic heterocycles. The maximum atomic E-state index is 13.3. The number of hydrogen-bond acceptors (Lipinski definition) is 3. The summed E-state index contributed by atoms with van der Waals surface area (Å²) >= 11 is 5.72. The van der Waals surface area contributed by atoms with Crippen molar-refractivity contribution in [3.63, 3.8) is 0 Å². The van der Waals surface area contributed by atoms with Crippen molar-refractivity contribution in [2.75, 3.05) is 38.7 Å². The smallest absolute Gasteiger partial charge is 0.417 e. The van der Waals surface area contributed by atoms with Gasteiger partial charge in [-0.3, -0.25) is 4.79 Å². The van der Waals surface area contributed by atoms with E-state index in [1.54, 1.807) is 31.2 Å². The largest absolute Gasteiger partial charge is 0.493 e. The van der Waals surface area contributed by atoms with Crippen LogP contribution in [0.4, 0.5) is 18.9 Å². The highest BCUT2D eigenvalue weighted by molar-refractivity contribution is 6.31. The lowest BCUT2D eigenvalue weighted by atomic mass is 10.1. The molecular weight excluding hydrogens is 393 g/mol. The summed E-state index contributed by atoms with van der Waals surface area (Å²) in [5.41, 5.74) is -0.575. The molecule has 152 valence electrons. The molecule has 0 heterocycles. The van der Waals surface area contributed by atoms with Crippen molar-refractivity contribution in [2.24, 2.45) is 0 Å². The number of amides is 1. The molecule has 2 rings (SSSR count). The number of likely N-dealkylation sites (N-methyl/N-ethyl adjacent to an activating group) is 1. The molecule has 0 aliphatic carbocycles. The van der Waals surface area contributed by atoms with E-state index in [2.05, 4.69) is 0 Å². The highest BCUT2D eigenvalue weighted by Crippen LogP contribution is 2.37. The Bertz CT molecular complexity index is 825. The Balaban J connectivity index is 2.50. The first kappa shape index (κ1) is 22.0. The van der Waals surface area contributed by atoms with Crippen LogP contribution in [0.3, 0.4) is 0 Å². The second-order valence-electron chi connectivity index (χ2n) is 6.35.